The summed E-state index contributed by atoms with van der Waals surface area (Å²) in [5, 5.41) is 19.5. The van der Waals surface area contributed by atoms with Crippen molar-refractivity contribution < 1.29 is 19.8 Å². The second-order valence-electron chi connectivity index (χ2n) is 8.37. The molecule has 4 rings (SSSR count). The number of hydrogen-bond donors (Lipinski definition) is 2. The molecule has 2 saturated carbocycles. The van der Waals surface area contributed by atoms with E-state index in [2.05, 4.69) is 24.3 Å². The molecule has 0 radical (unpaired) electrons. The summed E-state index contributed by atoms with van der Waals surface area (Å²) in [4.78, 5) is 23.8. The van der Waals surface area contributed by atoms with Crippen molar-refractivity contribution in [3.05, 3.63) is 35.5 Å². The Morgan fingerprint density at radius 1 is 0.833 bits per heavy atom. The van der Waals surface area contributed by atoms with Gasteiger partial charge in [-0.1, -0.05) is 24.3 Å². The van der Waals surface area contributed by atoms with Gasteiger partial charge < -0.3 is 10.2 Å². The quantitative estimate of drug-likeness (QED) is 0.572. The van der Waals surface area contributed by atoms with Crippen LogP contribution in [0.25, 0.3) is 0 Å². The lowest BCUT2D eigenvalue weighted by Gasteiger charge is -2.28. The Morgan fingerprint density at radius 3 is 1.46 bits per heavy atom. The molecule has 0 aromatic rings. The van der Waals surface area contributed by atoms with E-state index in [1.54, 1.807) is 0 Å². The van der Waals surface area contributed by atoms with E-state index in [1.165, 1.54) is 0 Å². The van der Waals surface area contributed by atoms with Gasteiger partial charge in [0.2, 0.25) is 0 Å². The highest BCUT2D eigenvalue weighted by Gasteiger charge is 2.45. The highest BCUT2D eigenvalue weighted by Crippen LogP contribution is 2.55. The summed E-state index contributed by atoms with van der Waals surface area (Å²) >= 11 is 0. The van der Waals surface area contributed by atoms with Gasteiger partial charge in [0, 0.05) is 11.1 Å². The lowest BCUT2D eigenvalue weighted by molar-refractivity contribution is -0.136. The van der Waals surface area contributed by atoms with E-state index >= 15 is 0 Å². The molecule has 4 nitrogen and oxygen atoms in total. The molecule has 0 aromatic heterocycles. The third kappa shape index (κ3) is 2.52. The summed E-state index contributed by atoms with van der Waals surface area (Å²) in [5.74, 6) is -1.00. The highest BCUT2D eigenvalue weighted by atomic mass is 16.4. The zero-order valence-electron chi connectivity index (χ0n) is 13.8. The molecule has 0 amide bonds. The number of fused-ring (bicyclic) bond motifs is 4. The first-order chi connectivity index (χ1) is 11.4. The van der Waals surface area contributed by atoms with Crippen molar-refractivity contribution in [2.75, 3.05) is 0 Å². The van der Waals surface area contributed by atoms with E-state index in [4.69, 9.17) is 0 Å². The number of allylic oxidation sites excluding steroid dienone is 4. The first-order valence-corrected chi connectivity index (χ1v) is 8.98. The molecule has 4 unspecified atom stereocenters. The Morgan fingerprint density at radius 2 is 1.25 bits per heavy atom. The van der Waals surface area contributed by atoms with Crippen LogP contribution >= 0.6 is 0 Å². The smallest absolute Gasteiger partial charge is 0.332 e. The molecular weight excluding hydrogens is 304 g/mol. The third-order valence-electron chi connectivity index (χ3n) is 6.75. The number of hydrogen-bond acceptors (Lipinski definition) is 2. The molecule has 2 N–H and O–H groups in total. The molecule has 0 spiro atoms. The first-order valence-electron chi connectivity index (χ1n) is 8.98. The highest BCUT2D eigenvalue weighted by molar-refractivity contribution is 5.99. The van der Waals surface area contributed by atoms with Gasteiger partial charge in [-0.3, -0.25) is 0 Å². The van der Waals surface area contributed by atoms with Crippen molar-refractivity contribution in [1.82, 2.24) is 0 Å². The zero-order valence-corrected chi connectivity index (χ0v) is 13.8. The van der Waals surface area contributed by atoms with Crippen molar-refractivity contribution in [1.29, 1.82) is 0 Å². The fraction of sp³-hybridized carbons (Fsp3) is 0.600. The molecular formula is C20H24O4. The minimum Gasteiger partial charge on any atom is -0.478 e. The number of rotatable bonds is 6. The largest absolute Gasteiger partial charge is 0.478 e. The van der Waals surface area contributed by atoms with Crippen LogP contribution in [0.2, 0.25) is 0 Å². The Bertz CT molecular complexity index is 628. The summed E-state index contributed by atoms with van der Waals surface area (Å²) in [7, 11) is 0. The molecule has 128 valence electrons. The average molecular weight is 328 g/mol. The van der Waals surface area contributed by atoms with E-state index in [0.29, 0.717) is 24.7 Å². The van der Waals surface area contributed by atoms with Gasteiger partial charge in [0.1, 0.15) is 0 Å². The molecule has 4 aliphatic rings. The predicted molar refractivity (Wildman–Crippen MR) is 89.4 cm³/mol. The van der Waals surface area contributed by atoms with Gasteiger partial charge >= 0.3 is 11.9 Å². The topological polar surface area (TPSA) is 74.6 Å². The van der Waals surface area contributed by atoms with Gasteiger partial charge in [-0.25, -0.2) is 9.59 Å². The predicted octanol–water partition coefficient (Wildman–Crippen LogP) is 3.95. The van der Waals surface area contributed by atoms with Gasteiger partial charge in [0.15, 0.2) is 0 Å². The SMILES string of the molecule is O=C(O)/C(CC12C=CC(CC1)C2)=C(/CC12C=CC(CC1)C2)C(=O)O. The maximum Gasteiger partial charge on any atom is 0.332 e. The lowest BCUT2D eigenvalue weighted by Crippen LogP contribution is -2.23. The molecule has 2 fully saturated rings. The second kappa shape index (κ2) is 5.33. The minimum absolute atomic E-state index is 0.125. The summed E-state index contributed by atoms with van der Waals surface area (Å²) in [5.41, 5.74) is 0.0154. The standard InChI is InChI=1S/C20H24O4/c21-17(22)15(11-19-5-1-13(9-19)2-6-19)16(18(23)24)12-20-7-3-14(10-20)4-8-20/h1,3,5,7,13-14H,2,4,6,8-12H2,(H,21,22)(H,23,24)/b16-15-. The Labute approximate surface area is 141 Å². The minimum atomic E-state index is -1.06. The van der Waals surface area contributed by atoms with Crippen molar-refractivity contribution >= 4 is 11.9 Å². The van der Waals surface area contributed by atoms with Crippen molar-refractivity contribution in [2.45, 2.75) is 51.4 Å². The van der Waals surface area contributed by atoms with E-state index < -0.39 is 11.9 Å². The normalized spacial score (nSPS) is 39.5. The Kier molecular flexibility index (Phi) is 3.48. The van der Waals surface area contributed by atoms with Crippen LogP contribution in [0, 0.1) is 22.7 Å². The fourth-order valence-electron chi connectivity index (χ4n) is 5.48. The maximum atomic E-state index is 11.9. The summed E-state index contributed by atoms with van der Waals surface area (Å²) in [6, 6.07) is 0. The first kappa shape index (κ1) is 15.7. The summed E-state index contributed by atoms with van der Waals surface area (Å²) in [6.45, 7) is 0. The van der Waals surface area contributed by atoms with Gasteiger partial charge in [-0.15, -0.1) is 0 Å². The fourth-order valence-corrected chi connectivity index (χ4v) is 5.48. The molecule has 4 heteroatoms. The average Bonchev–Trinajstić information content (AvgIpc) is 3.30. The van der Waals surface area contributed by atoms with Crippen molar-refractivity contribution in [3.63, 3.8) is 0 Å². The number of aliphatic carboxylic acids is 2. The van der Waals surface area contributed by atoms with E-state index in [1.807, 2.05) is 0 Å². The van der Waals surface area contributed by atoms with Gasteiger partial charge in [-0.05, 0) is 74.0 Å². The lowest BCUT2D eigenvalue weighted by atomic mass is 9.76. The van der Waals surface area contributed by atoms with Crippen LogP contribution < -0.4 is 0 Å². The summed E-state index contributed by atoms with van der Waals surface area (Å²) in [6.07, 6.45) is 15.5. The van der Waals surface area contributed by atoms with E-state index in [-0.39, 0.29) is 22.0 Å². The Balaban J connectivity index is 1.66. The van der Waals surface area contributed by atoms with Gasteiger partial charge in [0.25, 0.3) is 0 Å². The van der Waals surface area contributed by atoms with Crippen LogP contribution in [0.3, 0.4) is 0 Å². The van der Waals surface area contributed by atoms with Crippen LogP contribution in [-0.2, 0) is 9.59 Å². The van der Waals surface area contributed by atoms with Crippen molar-refractivity contribution in [2.24, 2.45) is 22.7 Å². The van der Waals surface area contributed by atoms with Gasteiger partial charge in [-0.2, -0.15) is 0 Å². The maximum absolute atomic E-state index is 11.9. The molecule has 0 saturated heterocycles. The van der Waals surface area contributed by atoms with Crippen LogP contribution in [0.4, 0.5) is 0 Å². The number of carboxylic acids is 2. The van der Waals surface area contributed by atoms with Crippen LogP contribution in [0.15, 0.2) is 35.5 Å². The van der Waals surface area contributed by atoms with Crippen LogP contribution in [0.1, 0.15) is 51.4 Å². The molecule has 0 aliphatic heterocycles. The molecule has 0 heterocycles. The Hall–Kier alpha value is -1.84. The monoisotopic (exact) mass is 328 g/mol. The molecule has 4 aliphatic carbocycles. The van der Waals surface area contributed by atoms with E-state index in [0.717, 1.165) is 38.5 Å². The third-order valence-corrected chi connectivity index (χ3v) is 6.75. The number of carbonyl (C=O) groups is 2. The van der Waals surface area contributed by atoms with E-state index in [9.17, 15) is 19.8 Å². The molecule has 0 aromatic carbocycles. The van der Waals surface area contributed by atoms with Crippen molar-refractivity contribution in [3.8, 4) is 0 Å². The molecule has 4 atom stereocenters. The van der Waals surface area contributed by atoms with Gasteiger partial charge in [0.05, 0.1) is 0 Å². The second-order valence-corrected chi connectivity index (χ2v) is 8.37. The van der Waals surface area contributed by atoms with Crippen LogP contribution in [-0.4, -0.2) is 22.2 Å². The molecule has 24 heavy (non-hydrogen) atoms. The molecule has 4 bridgehead atoms. The summed E-state index contributed by atoms with van der Waals surface area (Å²) < 4.78 is 0. The zero-order chi connectivity index (χ0) is 16.9. The van der Waals surface area contributed by atoms with Crippen LogP contribution in [0.5, 0.6) is 0 Å². The number of carboxylic acid groups (broad SMARTS) is 2.